The van der Waals surface area contributed by atoms with E-state index in [4.69, 9.17) is 4.74 Å². The summed E-state index contributed by atoms with van der Waals surface area (Å²) in [4.78, 5) is 8.58. The van der Waals surface area contributed by atoms with Crippen molar-refractivity contribution >= 4 is 17.0 Å². The van der Waals surface area contributed by atoms with E-state index < -0.39 is 0 Å². The minimum absolute atomic E-state index is 0.112. The van der Waals surface area contributed by atoms with E-state index in [1.165, 1.54) is 0 Å². The Morgan fingerprint density at radius 3 is 2.77 bits per heavy atom. The molecule has 5 rings (SSSR count). The van der Waals surface area contributed by atoms with Crippen molar-refractivity contribution < 1.29 is 9.84 Å². The largest absolute Gasteiger partial charge is 0.488 e. The third kappa shape index (κ3) is 4.36. The number of aliphatic hydroxyl groups excluding tert-OH is 1. The molecule has 1 fully saturated rings. The summed E-state index contributed by atoms with van der Waals surface area (Å²) in [7, 11) is 0. The fourth-order valence-electron chi connectivity index (χ4n) is 4.02. The molecular formula is C24H25N5O2. The number of pyridine rings is 3. The Balaban J connectivity index is 1.44. The Bertz CT molecular complexity index is 1180. The smallest absolute Gasteiger partial charge is 0.153 e. The lowest BCUT2D eigenvalue weighted by atomic mass is 9.95. The second-order valence-electron chi connectivity index (χ2n) is 8.05. The number of nitrogens with one attached hydrogen (secondary N) is 1. The van der Waals surface area contributed by atoms with Gasteiger partial charge in [0.15, 0.2) is 5.82 Å². The van der Waals surface area contributed by atoms with Crippen LogP contribution in [0.25, 0.3) is 16.6 Å². The second-order valence-corrected chi connectivity index (χ2v) is 8.05. The van der Waals surface area contributed by atoms with Gasteiger partial charge in [0.05, 0.1) is 35.8 Å². The van der Waals surface area contributed by atoms with Crippen LogP contribution in [0.5, 0.6) is 5.75 Å². The third-order valence-corrected chi connectivity index (χ3v) is 5.65. The second kappa shape index (κ2) is 8.35. The van der Waals surface area contributed by atoms with Gasteiger partial charge in [0.2, 0.25) is 0 Å². The lowest BCUT2D eigenvalue weighted by molar-refractivity contribution is 0.0667. The summed E-state index contributed by atoms with van der Waals surface area (Å²) < 4.78 is 8.17. The minimum Gasteiger partial charge on any atom is -0.488 e. The van der Waals surface area contributed by atoms with Crippen molar-refractivity contribution in [2.45, 2.75) is 44.8 Å². The number of aliphatic hydroxyl groups is 1. The van der Waals surface area contributed by atoms with Crippen molar-refractivity contribution in [2.24, 2.45) is 0 Å². The van der Waals surface area contributed by atoms with E-state index in [-0.39, 0.29) is 12.2 Å². The number of aryl methyl sites for hydroxylation is 1. The van der Waals surface area contributed by atoms with Gasteiger partial charge < -0.3 is 15.2 Å². The first-order valence-corrected chi connectivity index (χ1v) is 10.6. The Labute approximate surface area is 180 Å². The predicted molar refractivity (Wildman–Crippen MR) is 120 cm³/mol. The molecule has 4 heterocycles. The summed E-state index contributed by atoms with van der Waals surface area (Å²) in [5.74, 6) is 1.54. The van der Waals surface area contributed by atoms with Crippen molar-refractivity contribution in [1.29, 1.82) is 0 Å². The molecular weight excluding hydrogens is 390 g/mol. The van der Waals surface area contributed by atoms with E-state index in [0.717, 1.165) is 65.3 Å². The number of aromatic nitrogens is 4. The average Bonchev–Trinajstić information content (AvgIpc) is 3.18. The van der Waals surface area contributed by atoms with Gasteiger partial charge in [0, 0.05) is 29.7 Å². The number of rotatable bonds is 5. The Morgan fingerprint density at radius 2 is 1.97 bits per heavy atom. The van der Waals surface area contributed by atoms with Gasteiger partial charge in [0.1, 0.15) is 5.75 Å². The van der Waals surface area contributed by atoms with Crippen LogP contribution in [0.2, 0.25) is 0 Å². The summed E-state index contributed by atoms with van der Waals surface area (Å²) in [5, 5.41) is 17.6. The highest BCUT2D eigenvalue weighted by Gasteiger charge is 2.22. The molecule has 0 aliphatic heterocycles. The van der Waals surface area contributed by atoms with Crippen LogP contribution < -0.4 is 10.1 Å². The van der Waals surface area contributed by atoms with Gasteiger partial charge in [-0.3, -0.25) is 9.97 Å². The zero-order valence-electron chi connectivity index (χ0n) is 17.4. The van der Waals surface area contributed by atoms with E-state index in [1.54, 1.807) is 12.4 Å². The van der Waals surface area contributed by atoms with Crippen LogP contribution in [0.4, 0.5) is 11.5 Å². The Hall–Kier alpha value is -3.45. The van der Waals surface area contributed by atoms with E-state index in [2.05, 4.69) is 32.5 Å². The number of ether oxygens (including phenoxy) is 1. The monoisotopic (exact) mass is 415 g/mol. The third-order valence-electron chi connectivity index (χ3n) is 5.65. The first-order valence-electron chi connectivity index (χ1n) is 10.6. The maximum absolute atomic E-state index is 9.77. The number of fused-ring (bicyclic) bond motifs is 1. The van der Waals surface area contributed by atoms with Gasteiger partial charge in [-0.2, -0.15) is 5.10 Å². The molecule has 1 aliphatic rings. The number of nitrogens with zero attached hydrogens (tertiary/aromatic N) is 4. The molecule has 0 radical (unpaired) electrons. The molecule has 0 atom stereocenters. The number of anilines is 2. The van der Waals surface area contributed by atoms with Gasteiger partial charge in [-0.25, -0.2) is 4.52 Å². The fraction of sp³-hybridized carbons (Fsp3) is 0.292. The van der Waals surface area contributed by atoms with Gasteiger partial charge in [-0.05, 0) is 68.5 Å². The summed E-state index contributed by atoms with van der Waals surface area (Å²) in [5.41, 5.74) is 4.88. The molecule has 7 nitrogen and oxygen atoms in total. The van der Waals surface area contributed by atoms with Crippen LogP contribution in [0, 0.1) is 6.92 Å². The van der Waals surface area contributed by atoms with Crippen molar-refractivity contribution in [3.63, 3.8) is 0 Å². The topological polar surface area (TPSA) is 84.6 Å². The van der Waals surface area contributed by atoms with Crippen LogP contribution >= 0.6 is 0 Å². The lowest BCUT2D eigenvalue weighted by Gasteiger charge is -2.27. The maximum atomic E-state index is 9.77. The highest BCUT2D eigenvalue weighted by molar-refractivity contribution is 5.75. The maximum Gasteiger partial charge on any atom is 0.153 e. The van der Waals surface area contributed by atoms with Crippen LogP contribution in [-0.4, -0.2) is 36.9 Å². The SMILES string of the molecule is Cc1cc(-c2ccn3nc(Nc4cccnc4)cc3c2)c(O[C@H]2CC[C@H](O)CC2)cn1. The standard InChI is InChI=1S/C24H25N5O2/c1-16-11-22(23(15-26-16)31-21-6-4-20(30)5-7-21)17-8-10-29-19(12-17)13-24(28-29)27-18-3-2-9-25-14-18/h2-3,8-15,20-21,30H,4-7H2,1H3,(H,27,28)/t20-,21-. The first-order chi connectivity index (χ1) is 15.1. The van der Waals surface area contributed by atoms with Crippen molar-refractivity contribution in [3.05, 3.63) is 66.9 Å². The molecule has 31 heavy (non-hydrogen) atoms. The quantitative estimate of drug-likeness (QED) is 0.498. The van der Waals surface area contributed by atoms with Crippen LogP contribution in [0.15, 0.2) is 61.2 Å². The average molecular weight is 415 g/mol. The van der Waals surface area contributed by atoms with Crippen molar-refractivity contribution in [1.82, 2.24) is 19.6 Å². The Morgan fingerprint density at radius 1 is 1.10 bits per heavy atom. The molecule has 4 aromatic heterocycles. The summed E-state index contributed by atoms with van der Waals surface area (Å²) >= 11 is 0. The fourth-order valence-corrected chi connectivity index (χ4v) is 4.02. The minimum atomic E-state index is -0.200. The molecule has 0 aromatic carbocycles. The van der Waals surface area contributed by atoms with Gasteiger partial charge in [-0.15, -0.1) is 0 Å². The normalized spacial score (nSPS) is 18.8. The van der Waals surface area contributed by atoms with Crippen molar-refractivity contribution in [3.8, 4) is 16.9 Å². The molecule has 4 aromatic rings. The molecule has 0 unspecified atom stereocenters. The van der Waals surface area contributed by atoms with Crippen LogP contribution in [-0.2, 0) is 0 Å². The Kier molecular flexibility index (Phi) is 5.26. The van der Waals surface area contributed by atoms with Crippen LogP contribution in [0.1, 0.15) is 31.4 Å². The van der Waals surface area contributed by atoms with Crippen LogP contribution in [0.3, 0.4) is 0 Å². The molecule has 0 spiro atoms. The van der Waals surface area contributed by atoms with Crippen molar-refractivity contribution in [2.75, 3.05) is 5.32 Å². The van der Waals surface area contributed by atoms with E-state index in [9.17, 15) is 5.11 Å². The molecule has 0 saturated heterocycles. The van der Waals surface area contributed by atoms with Gasteiger partial charge >= 0.3 is 0 Å². The number of hydrogen-bond donors (Lipinski definition) is 2. The van der Waals surface area contributed by atoms with E-state index >= 15 is 0 Å². The predicted octanol–water partition coefficient (Wildman–Crippen LogP) is 4.53. The highest BCUT2D eigenvalue weighted by Crippen LogP contribution is 2.34. The lowest BCUT2D eigenvalue weighted by Crippen LogP contribution is -2.26. The first kappa shape index (κ1) is 19.5. The molecule has 158 valence electrons. The molecule has 7 heteroatoms. The van der Waals surface area contributed by atoms with E-state index in [1.807, 2.05) is 48.1 Å². The molecule has 0 bridgehead atoms. The highest BCUT2D eigenvalue weighted by atomic mass is 16.5. The number of hydrogen-bond acceptors (Lipinski definition) is 6. The molecule has 1 saturated carbocycles. The molecule has 1 aliphatic carbocycles. The summed E-state index contributed by atoms with van der Waals surface area (Å²) in [6, 6.07) is 12.1. The van der Waals surface area contributed by atoms with Gasteiger partial charge in [0.25, 0.3) is 0 Å². The summed E-state index contributed by atoms with van der Waals surface area (Å²) in [6.07, 6.45) is 10.5. The molecule has 2 N–H and O–H groups in total. The zero-order chi connectivity index (χ0) is 21.2. The van der Waals surface area contributed by atoms with Gasteiger partial charge in [-0.1, -0.05) is 0 Å². The molecule has 0 amide bonds. The summed E-state index contributed by atoms with van der Waals surface area (Å²) in [6.45, 7) is 1.98. The zero-order valence-corrected chi connectivity index (χ0v) is 17.4. The van der Waals surface area contributed by atoms with E-state index in [0.29, 0.717) is 0 Å².